The van der Waals surface area contributed by atoms with Gasteiger partial charge in [-0.3, -0.25) is 0 Å². The van der Waals surface area contributed by atoms with Crippen molar-refractivity contribution in [3.8, 4) is 5.88 Å². The maximum Gasteiger partial charge on any atom is 1.00 e. The fourth-order valence-corrected chi connectivity index (χ4v) is 2.02. The van der Waals surface area contributed by atoms with E-state index in [4.69, 9.17) is 10.5 Å². The van der Waals surface area contributed by atoms with Gasteiger partial charge in [-0.1, -0.05) is 30.3 Å². The van der Waals surface area contributed by atoms with Crippen molar-refractivity contribution in [2.24, 2.45) is 0 Å². The number of ether oxygens (including phenoxy) is 1. The molecule has 0 aliphatic heterocycles. The van der Waals surface area contributed by atoms with E-state index in [0.29, 0.717) is 17.8 Å². The first-order valence-electron chi connectivity index (χ1n) is 6.48. The van der Waals surface area contributed by atoms with E-state index in [1.165, 1.54) is 10.9 Å². The Bertz CT molecular complexity index is 822. The molecule has 0 radical (unpaired) electrons. The van der Waals surface area contributed by atoms with Gasteiger partial charge in [0.2, 0.25) is 11.8 Å². The first kappa shape index (κ1) is 17.2. The summed E-state index contributed by atoms with van der Waals surface area (Å²) in [7, 11) is 0. The van der Waals surface area contributed by atoms with Gasteiger partial charge in [-0.2, -0.15) is 9.97 Å². The SMILES string of the molecule is Nc1nc(OCc2ccccc2)c2ncn(CC(=O)[O-])c2n1.[Na+]. The van der Waals surface area contributed by atoms with E-state index in [1.807, 2.05) is 30.3 Å². The number of hydrogen-bond donors (Lipinski definition) is 1. The van der Waals surface area contributed by atoms with E-state index in [1.54, 1.807) is 0 Å². The Labute approximate surface area is 153 Å². The molecule has 2 heterocycles. The van der Waals surface area contributed by atoms with E-state index >= 15 is 0 Å². The molecule has 0 bridgehead atoms. The number of rotatable bonds is 5. The molecule has 8 nitrogen and oxygen atoms in total. The molecular weight excluding hydrogens is 309 g/mol. The van der Waals surface area contributed by atoms with Gasteiger partial charge in [-0.05, 0) is 5.56 Å². The third-order valence-corrected chi connectivity index (χ3v) is 2.97. The molecule has 0 amide bonds. The van der Waals surface area contributed by atoms with Crippen LogP contribution in [0.25, 0.3) is 11.2 Å². The summed E-state index contributed by atoms with van der Waals surface area (Å²) in [5.41, 5.74) is 7.25. The van der Waals surface area contributed by atoms with E-state index in [-0.39, 0.29) is 47.9 Å². The predicted octanol–water partition coefficient (Wildman–Crippen LogP) is -3.26. The van der Waals surface area contributed by atoms with Gasteiger partial charge < -0.3 is 24.9 Å². The third kappa shape index (κ3) is 3.98. The molecule has 23 heavy (non-hydrogen) atoms. The zero-order valence-electron chi connectivity index (χ0n) is 12.5. The zero-order chi connectivity index (χ0) is 15.5. The minimum atomic E-state index is -1.25. The Hall–Kier alpha value is -2.16. The van der Waals surface area contributed by atoms with Gasteiger partial charge >= 0.3 is 29.6 Å². The molecule has 0 unspecified atom stereocenters. The molecule has 0 saturated heterocycles. The smallest absolute Gasteiger partial charge is 0.548 e. The molecule has 3 aromatic rings. The number of nitrogens with zero attached hydrogens (tertiary/aromatic N) is 4. The van der Waals surface area contributed by atoms with Gasteiger partial charge in [0.1, 0.15) is 6.61 Å². The average molecular weight is 321 g/mol. The van der Waals surface area contributed by atoms with Crippen LogP contribution in [0.2, 0.25) is 0 Å². The molecule has 0 aliphatic rings. The van der Waals surface area contributed by atoms with Crippen molar-refractivity contribution in [3.63, 3.8) is 0 Å². The second kappa shape index (κ2) is 7.40. The number of imidazole rings is 1. The number of nitrogen functional groups attached to an aromatic ring is 1. The zero-order valence-corrected chi connectivity index (χ0v) is 14.5. The fourth-order valence-electron chi connectivity index (χ4n) is 2.02. The van der Waals surface area contributed by atoms with Crippen LogP contribution in [0, 0.1) is 0 Å². The summed E-state index contributed by atoms with van der Waals surface area (Å²) in [5, 5.41) is 10.7. The monoisotopic (exact) mass is 321 g/mol. The number of hydrogen-bond acceptors (Lipinski definition) is 7. The molecule has 112 valence electrons. The molecular formula is C14H12N5NaO3. The van der Waals surface area contributed by atoms with Crippen molar-refractivity contribution in [2.75, 3.05) is 5.73 Å². The second-order valence-corrected chi connectivity index (χ2v) is 4.58. The molecule has 3 rings (SSSR count). The van der Waals surface area contributed by atoms with Crippen LogP contribution in [-0.2, 0) is 17.9 Å². The summed E-state index contributed by atoms with van der Waals surface area (Å²) in [4.78, 5) is 22.8. The topological polar surface area (TPSA) is 119 Å². The third-order valence-electron chi connectivity index (χ3n) is 2.97. The minimum absolute atomic E-state index is 0. The Kier molecular flexibility index (Phi) is 5.54. The van der Waals surface area contributed by atoms with E-state index in [0.717, 1.165) is 5.56 Å². The van der Waals surface area contributed by atoms with Crippen LogP contribution >= 0.6 is 0 Å². The number of aliphatic carboxylic acids is 1. The number of benzene rings is 1. The van der Waals surface area contributed by atoms with Crippen LogP contribution in [0.15, 0.2) is 36.7 Å². The molecule has 9 heteroatoms. The number of fused-ring (bicyclic) bond motifs is 1. The number of nitrogens with two attached hydrogens (primary N) is 1. The van der Waals surface area contributed by atoms with E-state index in [9.17, 15) is 9.90 Å². The minimum Gasteiger partial charge on any atom is -0.548 e. The van der Waals surface area contributed by atoms with Crippen LogP contribution < -0.4 is 45.1 Å². The van der Waals surface area contributed by atoms with Crippen LogP contribution in [0.3, 0.4) is 0 Å². The summed E-state index contributed by atoms with van der Waals surface area (Å²) < 4.78 is 6.95. The molecule has 2 N–H and O–H groups in total. The average Bonchev–Trinajstić information content (AvgIpc) is 2.88. The summed E-state index contributed by atoms with van der Waals surface area (Å²) >= 11 is 0. The van der Waals surface area contributed by atoms with Crippen LogP contribution in [0.4, 0.5) is 5.95 Å². The summed E-state index contributed by atoms with van der Waals surface area (Å²) in [6.07, 6.45) is 1.34. The Balaban J connectivity index is 0.00000192. The van der Waals surface area contributed by atoms with Gasteiger partial charge in [-0.15, -0.1) is 0 Å². The molecule has 0 saturated carbocycles. The number of carbonyl (C=O) groups excluding carboxylic acids is 1. The fraction of sp³-hybridized carbons (Fsp3) is 0.143. The van der Waals surface area contributed by atoms with Crippen molar-refractivity contribution in [1.82, 2.24) is 19.5 Å². The van der Waals surface area contributed by atoms with E-state index < -0.39 is 5.97 Å². The number of carboxylic acids is 1. The Morgan fingerprint density at radius 1 is 1.26 bits per heavy atom. The van der Waals surface area contributed by atoms with Crippen LogP contribution in [-0.4, -0.2) is 25.5 Å². The Morgan fingerprint density at radius 2 is 2.00 bits per heavy atom. The molecule has 0 spiro atoms. The van der Waals surface area contributed by atoms with Gasteiger partial charge in [0.15, 0.2) is 11.2 Å². The largest absolute Gasteiger partial charge is 1.00 e. The first-order chi connectivity index (χ1) is 10.6. The van der Waals surface area contributed by atoms with E-state index in [2.05, 4.69) is 15.0 Å². The Morgan fingerprint density at radius 3 is 2.70 bits per heavy atom. The number of carbonyl (C=O) groups is 1. The quantitative estimate of drug-likeness (QED) is 0.490. The van der Waals surface area contributed by atoms with Gasteiger partial charge in [-0.25, -0.2) is 4.98 Å². The standard InChI is InChI=1S/C14H13N5O3.Na/c15-14-17-12-11(16-8-19(12)6-10(20)21)13(18-14)22-7-9-4-2-1-3-5-9;/h1-5,8H,6-7H2,(H,20,21)(H2,15,17,18);/q;+1/p-1. The van der Waals surface area contributed by atoms with Gasteiger partial charge in [0.25, 0.3) is 0 Å². The summed E-state index contributed by atoms with van der Waals surface area (Å²) in [6.45, 7) is -0.0786. The van der Waals surface area contributed by atoms with Crippen molar-refractivity contribution in [1.29, 1.82) is 0 Å². The predicted molar refractivity (Wildman–Crippen MR) is 75.5 cm³/mol. The van der Waals surface area contributed by atoms with Crippen molar-refractivity contribution in [2.45, 2.75) is 13.2 Å². The van der Waals surface area contributed by atoms with Crippen molar-refractivity contribution < 1.29 is 44.2 Å². The van der Waals surface area contributed by atoms with Crippen molar-refractivity contribution >= 4 is 23.1 Å². The van der Waals surface area contributed by atoms with Crippen molar-refractivity contribution in [3.05, 3.63) is 42.2 Å². The maximum atomic E-state index is 10.7. The molecule has 1 aromatic carbocycles. The number of anilines is 1. The van der Waals surface area contributed by atoms with Crippen LogP contribution in [0.5, 0.6) is 5.88 Å². The molecule has 0 atom stereocenters. The maximum absolute atomic E-state index is 10.7. The summed E-state index contributed by atoms with van der Waals surface area (Å²) in [5.74, 6) is -1.05. The van der Waals surface area contributed by atoms with Gasteiger partial charge in [0.05, 0.1) is 18.8 Å². The van der Waals surface area contributed by atoms with Gasteiger partial charge in [0, 0.05) is 0 Å². The van der Waals surface area contributed by atoms with Crippen LogP contribution in [0.1, 0.15) is 5.56 Å². The normalized spacial score (nSPS) is 10.3. The second-order valence-electron chi connectivity index (χ2n) is 4.58. The number of aromatic nitrogens is 4. The molecule has 0 aliphatic carbocycles. The number of carboxylic acid groups (broad SMARTS) is 1. The summed E-state index contributed by atoms with van der Waals surface area (Å²) in [6, 6.07) is 9.53. The molecule has 2 aromatic heterocycles. The molecule has 0 fully saturated rings. The first-order valence-corrected chi connectivity index (χ1v) is 6.48.